The van der Waals surface area contributed by atoms with Gasteiger partial charge in [0.1, 0.15) is 0 Å². The van der Waals surface area contributed by atoms with Crippen molar-refractivity contribution in [1.82, 2.24) is 10.6 Å². The number of nitrogens with one attached hydrogen (secondary N) is 2. The monoisotopic (exact) mass is 278 g/mol. The highest BCUT2D eigenvalue weighted by Gasteiger charge is 2.23. The maximum absolute atomic E-state index is 11.8. The number of aliphatic hydroxyl groups is 1. The highest BCUT2D eigenvalue weighted by atomic mass is 16.3. The fourth-order valence-electron chi connectivity index (χ4n) is 2.24. The van der Waals surface area contributed by atoms with E-state index in [0.29, 0.717) is 13.0 Å². The van der Waals surface area contributed by atoms with Crippen LogP contribution in [0, 0.1) is 6.92 Å². The summed E-state index contributed by atoms with van der Waals surface area (Å²) in [6, 6.07) is 7.79. The van der Waals surface area contributed by atoms with Gasteiger partial charge in [-0.15, -0.1) is 0 Å². The molecule has 3 N–H and O–H groups in total. The molecule has 0 bridgehead atoms. The molecule has 0 saturated carbocycles. The van der Waals surface area contributed by atoms with Crippen LogP contribution in [0.1, 0.15) is 38.3 Å². The Labute approximate surface area is 121 Å². The summed E-state index contributed by atoms with van der Waals surface area (Å²) < 4.78 is 0. The van der Waals surface area contributed by atoms with Crippen molar-refractivity contribution in [3.8, 4) is 0 Å². The maximum atomic E-state index is 11.8. The lowest BCUT2D eigenvalue weighted by Gasteiger charge is -2.28. The van der Waals surface area contributed by atoms with Gasteiger partial charge in [-0.2, -0.15) is 0 Å². The van der Waals surface area contributed by atoms with Crippen LogP contribution in [0.15, 0.2) is 24.3 Å². The molecule has 1 aromatic carbocycles. The van der Waals surface area contributed by atoms with E-state index in [1.165, 1.54) is 11.1 Å². The first kappa shape index (κ1) is 16.5. The van der Waals surface area contributed by atoms with E-state index < -0.39 is 0 Å². The first-order valence-corrected chi connectivity index (χ1v) is 7.12. The minimum atomic E-state index is -0.229. The first-order chi connectivity index (χ1) is 9.40. The van der Waals surface area contributed by atoms with Gasteiger partial charge in [-0.3, -0.25) is 0 Å². The van der Waals surface area contributed by atoms with Gasteiger partial charge in [0, 0.05) is 12.0 Å². The van der Waals surface area contributed by atoms with Gasteiger partial charge < -0.3 is 15.7 Å². The molecule has 4 heteroatoms. The normalized spacial score (nSPS) is 12.8. The highest BCUT2D eigenvalue weighted by Crippen LogP contribution is 2.25. The predicted molar refractivity (Wildman–Crippen MR) is 81.9 cm³/mol. The third kappa shape index (κ3) is 4.53. The molecule has 1 aromatic rings. The van der Waals surface area contributed by atoms with E-state index in [4.69, 9.17) is 5.11 Å². The summed E-state index contributed by atoms with van der Waals surface area (Å²) in [5.41, 5.74) is 2.32. The van der Waals surface area contributed by atoms with Crippen molar-refractivity contribution in [3.05, 3.63) is 35.4 Å². The van der Waals surface area contributed by atoms with Gasteiger partial charge in [-0.1, -0.05) is 45.0 Å². The average Bonchev–Trinajstić information content (AvgIpc) is 2.43. The van der Waals surface area contributed by atoms with E-state index in [1.54, 1.807) is 0 Å². The van der Waals surface area contributed by atoms with E-state index in [-0.39, 0.29) is 24.1 Å². The molecule has 0 aliphatic rings. The van der Waals surface area contributed by atoms with Gasteiger partial charge >= 0.3 is 6.03 Å². The second-order valence-electron chi connectivity index (χ2n) is 5.81. The fraction of sp³-hybridized carbons (Fsp3) is 0.562. The SMILES string of the molecule is CCC(CO)NC(=O)NCC(C)(C)c1ccccc1C. The summed E-state index contributed by atoms with van der Waals surface area (Å²) in [4.78, 5) is 11.8. The standard InChI is InChI=1S/C16H26N2O2/c1-5-13(10-19)18-15(20)17-11-16(3,4)14-9-7-6-8-12(14)2/h6-9,13,19H,5,10-11H2,1-4H3,(H2,17,18,20). The molecular formula is C16H26N2O2. The molecule has 4 nitrogen and oxygen atoms in total. The Morgan fingerprint density at radius 1 is 1.35 bits per heavy atom. The van der Waals surface area contributed by atoms with Crippen LogP contribution in [0.2, 0.25) is 0 Å². The van der Waals surface area contributed by atoms with Gasteiger partial charge in [0.2, 0.25) is 0 Å². The quantitative estimate of drug-likeness (QED) is 0.748. The van der Waals surface area contributed by atoms with Crippen molar-refractivity contribution >= 4 is 6.03 Å². The molecule has 0 aliphatic carbocycles. The van der Waals surface area contributed by atoms with Crippen LogP contribution < -0.4 is 10.6 Å². The topological polar surface area (TPSA) is 61.4 Å². The highest BCUT2D eigenvalue weighted by molar-refractivity contribution is 5.74. The summed E-state index contributed by atoms with van der Waals surface area (Å²) >= 11 is 0. The zero-order valence-corrected chi connectivity index (χ0v) is 12.9. The van der Waals surface area contributed by atoms with Crippen molar-refractivity contribution in [2.45, 2.75) is 45.6 Å². The molecule has 0 radical (unpaired) electrons. The van der Waals surface area contributed by atoms with Crippen molar-refractivity contribution in [2.24, 2.45) is 0 Å². The molecule has 1 atom stereocenters. The Hall–Kier alpha value is -1.55. The Kier molecular flexibility index (Phi) is 6.02. The lowest BCUT2D eigenvalue weighted by molar-refractivity contribution is 0.213. The summed E-state index contributed by atoms with van der Waals surface area (Å²) in [7, 11) is 0. The largest absolute Gasteiger partial charge is 0.394 e. The molecular weight excluding hydrogens is 252 g/mol. The van der Waals surface area contributed by atoms with Crippen molar-refractivity contribution in [2.75, 3.05) is 13.2 Å². The second kappa shape index (κ2) is 7.29. The molecule has 1 rings (SSSR count). The molecule has 0 spiro atoms. The molecule has 1 unspecified atom stereocenters. The summed E-state index contributed by atoms with van der Waals surface area (Å²) in [5.74, 6) is 0. The summed E-state index contributed by atoms with van der Waals surface area (Å²) in [6.07, 6.45) is 0.713. The number of amides is 2. The number of carbonyl (C=O) groups excluding carboxylic acids is 1. The van der Waals surface area contributed by atoms with Crippen LogP contribution in [-0.4, -0.2) is 30.3 Å². The summed E-state index contributed by atoms with van der Waals surface area (Å²) in [6.45, 7) is 8.74. The van der Waals surface area contributed by atoms with Crippen molar-refractivity contribution < 1.29 is 9.90 Å². The van der Waals surface area contributed by atoms with E-state index >= 15 is 0 Å². The van der Waals surface area contributed by atoms with E-state index in [2.05, 4.69) is 43.5 Å². The van der Waals surface area contributed by atoms with Crippen LogP contribution in [0.3, 0.4) is 0 Å². The van der Waals surface area contributed by atoms with Crippen LogP contribution >= 0.6 is 0 Å². The van der Waals surface area contributed by atoms with Crippen LogP contribution in [-0.2, 0) is 5.41 Å². The Morgan fingerprint density at radius 3 is 2.55 bits per heavy atom. The minimum absolute atomic E-state index is 0.0366. The van der Waals surface area contributed by atoms with Gasteiger partial charge in [0.25, 0.3) is 0 Å². The minimum Gasteiger partial charge on any atom is -0.394 e. The van der Waals surface area contributed by atoms with Crippen LogP contribution in [0.25, 0.3) is 0 Å². The predicted octanol–water partition coefficient (Wildman–Crippen LogP) is 2.34. The van der Waals surface area contributed by atoms with Crippen LogP contribution in [0.4, 0.5) is 4.79 Å². The number of carbonyl (C=O) groups is 1. The third-order valence-electron chi connectivity index (χ3n) is 3.61. The number of aliphatic hydroxyl groups excluding tert-OH is 1. The fourth-order valence-corrected chi connectivity index (χ4v) is 2.24. The average molecular weight is 278 g/mol. The summed E-state index contributed by atoms with van der Waals surface area (Å²) in [5, 5.41) is 14.7. The Morgan fingerprint density at radius 2 is 2.00 bits per heavy atom. The maximum Gasteiger partial charge on any atom is 0.315 e. The zero-order chi connectivity index (χ0) is 15.2. The van der Waals surface area contributed by atoms with Crippen molar-refractivity contribution in [3.63, 3.8) is 0 Å². The molecule has 0 aliphatic heterocycles. The number of hydrogen-bond acceptors (Lipinski definition) is 2. The number of rotatable bonds is 6. The zero-order valence-electron chi connectivity index (χ0n) is 12.9. The van der Waals surface area contributed by atoms with Gasteiger partial charge in [-0.05, 0) is 24.5 Å². The number of aryl methyl sites for hydroxylation is 1. The molecule has 112 valence electrons. The molecule has 0 fully saturated rings. The smallest absolute Gasteiger partial charge is 0.315 e. The number of urea groups is 1. The lowest BCUT2D eigenvalue weighted by Crippen LogP contribution is -2.47. The van der Waals surface area contributed by atoms with E-state index in [9.17, 15) is 4.79 Å². The molecule has 0 saturated heterocycles. The van der Waals surface area contributed by atoms with Gasteiger partial charge in [0.15, 0.2) is 0 Å². The first-order valence-electron chi connectivity index (χ1n) is 7.12. The van der Waals surface area contributed by atoms with Crippen LogP contribution in [0.5, 0.6) is 0 Å². The Bertz CT molecular complexity index is 440. The van der Waals surface area contributed by atoms with Crippen molar-refractivity contribution in [1.29, 1.82) is 0 Å². The third-order valence-corrected chi connectivity index (χ3v) is 3.61. The molecule has 2 amide bonds. The number of benzene rings is 1. The van der Waals surface area contributed by atoms with E-state index in [1.807, 2.05) is 19.1 Å². The molecule has 20 heavy (non-hydrogen) atoms. The second-order valence-corrected chi connectivity index (χ2v) is 5.81. The number of hydrogen-bond donors (Lipinski definition) is 3. The van der Waals surface area contributed by atoms with Gasteiger partial charge in [0.05, 0.1) is 12.6 Å². The van der Waals surface area contributed by atoms with Gasteiger partial charge in [-0.25, -0.2) is 4.79 Å². The molecule has 0 heterocycles. The van der Waals surface area contributed by atoms with E-state index in [0.717, 1.165) is 0 Å². The molecule has 0 aromatic heterocycles. The Balaban J connectivity index is 2.60. The lowest BCUT2D eigenvalue weighted by atomic mass is 9.82.